The van der Waals surface area contributed by atoms with Crippen LogP contribution in [0.1, 0.15) is 18.1 Å². The van der Waals surface area contributed by atoms with Crippen molar-refractivity contribution in [1.29, 1.82) is 0 Å². The molecule has 84 valence electrons. The Morgan fingerprint density at radius 1 is 1.38 bits per heavy atom. The fraction of sp³-hybridized carbons (Fsp3) is 0.214. The Bertz CT molecular complexity index is 401. The monoisotopic (exact) mass is 215 g/mol. The summed E-state index contributed by atoms with van der Waals surface area (Å²) in [5.74, 6) is 0.507. The zero-order valence-electron chi connectivity index (χ0n) is 9.86. The third-order valence-corrected chi connectivity index (χ3v) is 2.03. The van der Waals surface area contributed by atoms with Crippen LogP contribution in [0.4, 0.5) is 0 Å². The van der Waals surface area contributed by atoms with E-state index in [1.807, 2.05) is 19.1 Å². The first kappa shape index (κ1) is 12.2. The lowest BCUT2D eigenvalue weighted by atomic mass is 10.2. The second-order valence-corrected chi connectivity index (χ2v) is 3.76. The number of hydrogen-bond donors (Lipinski definition) is 0. The van der Waals surface area contributed by atoms with Crippen LogP contribution in [-0.4, -0.2) is 6.72 Å². The first-order valence-electron chi connectivity index (χ1n) is 5.14. The largest absolute Gasteiger partial charge is 0.473 e. The predicted octanol–water partition coefficient (Wildman–Crippen LogP) is 3.63. The van der Waals surface area contributed by atoms with Crippen LogP contribution in [0.25, 0.3) is 0 Å². The van der Waals surface area contributed by atoms with Gasteiger partial charge in [0.25, 0.3) is 0 Å². The average molecular weight is 215 g/mol. The Hall–Kier alpha value is -1.83. The van der Waals surface area contributed by atoms with Crippen LogP contribution in [0.5, 0.6) is 0 Å². The van der Waals surface area contributed by atoms with Crippen molar-refractivity contribution in [2.24, 2.45) is 4.99 Å². The third kappa shape index (κ3) is 4.13. The topological polar surface area (TPSA) is 21.6 Å². The zero-order valence-corrected chi connectivity index (χ0v) is 9.86. The summed E-state index contributed by atoms with van der Waals surface area (Å²) in [6, 6.07) is 8.19. The van der Waals surface area contributed by atoms with Gasteiger partial charge >= 0.3 is 0 Å². The van der Waals surface area contributed by atoms with Gasteiger partial charge in [0, 0.05) is 6.08 Å². The van der Waals surface area contributed by atoms with Crippen molar-refractivity contribution in [2.75, 3.05) is 0 Å². The highest BCUT2D eigenvalue weighted by Crippen LogP contribution is 2.09. The van der Waals surface area contributed by atoms with Gasteiger partial charge in [0.1, 0.15) is 6.61 Å². The minimum atomic E-state index is 0.498. The molecule has 1 aromatic rings. The van der Waals surface area contributed by atoms with Gasteiger partial charge in [-0.1, -0.05) is 42.0 Å². The molecule has 0 radical (unpaired) electrons. The summed E-state index contributed by atoms with van der Waals surface area (Å²) in [6.45, 7) is 11.7. The molecule has 16 heavy (non-hydrogen) atoms. The van der Waals surface area contributed by atoms with Crippen molar-refractivity contribution in [3.05, 3.63) is 59.5 Å². The van der Waals surface area contributed by atoms with Crippen LogP contribution in [-0.2, 0) is 11.3 Å². The Kier molecular flexibility index (Phi) is 4.52. The number of rotatable bonds is 5. The quantitative estimate of drug-likeness (QED) is 0.417. The average Bonchev–Trinajstić information content (AvgIpc) is 2.26. The lowest BCUT2D eigenvalue weighted by Crippen LogP contribution is -1.92. The molecule has 0 N–H and O–H groups in total. The molecule has 0 saturated heterocycles. The van der Waals surface area contributed by atoms with Crippen molar-refractivity contribution in [3.8, 4) is 0 Å². The Labute approximate surface area is 97.0 Å². The van der Waals surface area contributed by atoms with Crippen molar-refractivity contribution in [1.82, 2.24) is 0 Å². The predicted molar refractivity (Wildman–Crippen MR) is 68.4 cm³/mol. The molecule has 0 atom stereocenters. The van der Waals surface area contributed by atoms with Crippen LogP contribution < -0.4 is 0 Å². The molecule has 0 aliphatic carbocycles. The van der Waals surface area contributed by atoms with Crippen LogP contribution in [0, 0.1) is 6.92 Å². The van der Waals surface area contributed by atoms with Gasteiger partial charge in [0.15, 0.2) is 0 Å². The van der Waals surface area contributed by atoms with Gasteiger partial charge in [-0.2, -0.15) is 0 Å². The first-order valence-corrected chi connectivity index (χ1v) is 5.14. The van der Waals surface area contributed by atoms with Crippen LogP contribution in [0.3, 0.4) is 0 Å². The second kappa shape index (κ2) is 5.91. The summed E-state index contributed by atoms with van der Waals surface area (Å²) in [7, 11) is 0. The number of benzene rings is 1. The van der Waals surface area contributed by atoms with Crippen LogP contribution in [0.2, 0.25) is 0 Å². The minimum Gasteiger partial charge on any atom is -0.473 e. The summed E-state index contributed by atoms with van der Waals surface area (Å²) >= 11 is 0. The molecule has 0 aliphatic rings. The molecule has 1 aromatic carbocycles. The van der Waals surface area contributed by atoms with E-state index in [0.29, 0.717) is 12.5 Å². The van der Waals surface area contributed by atoms with E-state index in [4.69, 9.17) is 4.74 Å². The second-order valence-electron chi connectivity index (χ2n) is 3.76. The maximum absolute atomic E-state index is 5.50. The molecule has 0 bridgehead atoms. The molecular formula is C14H17NO. The third-order valence-electron chi connectivity index (χ3n) is 2.03. The number of ether oxygens (including phenoxy) is 1. The molecule has 0 unspecified atom stereocenters. The maximum Gasteiger partial charge on any atom is 0.213 e. The van der Waals surface area contributed by atoms with Crippen molar-refractivity contribution < 1.29 is 4.74 Å². The maximum atomic E-state index is 5.50. The molecule has 0 aliphatic heterocycles. The minimum absolute atomic E-state index is 0.498. The smallest absolute Gasteiger partial charge is 0.213 e. The lowest BCUT2D eigenvalue weighted by molar-refractivity contribution is 0.197. The van der Waals surface area contributed by atoms with E-state index < -0.39 is 0 Å². The molecule has 2 nitrogen and oxygen atoms in total. The van der Waals surface area contributed by atoms with Gasteiger partial charge in [-0.25, -0.2) is 4.99 Å². The summed E-state index contributed by atoms with van der Waals surface area (Å²) in [6.07, 6.45) is 1.77. The van der Waals surface area contributed by atoms with E-state index in [-0.39, 0.29) is 0 Å². The van der Waals surface area contributed by atoms with E-state index in [2.05, 4.69) is 37.3 Å². The van der Waals surface area contributed by atoms with Gasteiger partial charge in [-0.15, -0.1) is 0 Å². The molecule has 0 amide bonds. The van der Waals surface area contributed by atoms with Crippen molar-refractivity contribution in [2.45, 2.75) is 20.5 Å². The molecule has 2 heteroatoms. The molecule has 0 spiro atoms. The molecule has 0 saturated carbocycles. The SMILES string of the molecule is C=N/C(=C\C(=C)C)OCc1ccc(C)cc1. The highest BCUT2D eigenvalue weighted by molar-refractivity contribution is 5.29. The molecule has 0 fully saturated rings. The van der Waals surface area contributed by atoms with Gasteiger partial charge in [0.2, 0.25) is 5.88 Å². The van der Waals surface area contributed by atoms with Gasteiger partial charge in [0.05, 0.1) is 0 Å². The van der Waals surface area contributed by atoms with E-state index in [1.165, 1.54) is 5.56 Å². The Balaban J connectivity index is 2.59. The molecule has 1 rings (SSSR count). The summed E-state index contributed by atoms with van der Waals surface area (Å²) in [5, 5.41) is 0. The number of hydrogen-bond acceptors (Lipinski definition) is 2. The summed E-state index contributed by atoms with van der Waals surface area (Å²) in [5.41, 5.74) is 3.25. The summed E-state index contributed by atoms with van der Waals surface area (Å²) < 4.78 is 5.50. The van der Waals surface area contributed by atoms with Crippen molar-refractivity contribution >= 4 is 6.72 Å². The number of allylic oxidation sites excluding steroid dienone is 2. The fourth-order valence-corrected chi connectivity index (χ4v) is 1.19. The zero-order chi connectivity index (χ0) is 12.0. The van der Waals surface area contributed by atoms with Crippen molar-refractivity contribution in [3.63, 3.8) is 0 Å². The Morgan fingerprint density at radius 3 is 2.50 bits per heavy atom. The number of aryl methyl sites for hydroxylation is 1. The molecule has 0 heterocycles. The van der Waals surface area contributed by atoms with Gasteiger partial charge in [-0.05, 0) is 26.1 Å². The van der Waals surface area contributed by atoms with Crippen LogP contribution >= 0.6 is 0 Å². The number of nitrogens with zero attached hydrogens (tertiary/aromatic N) is 1. The summed E-state index contributed by atoms with van der Waals surface area (Å²) in [4.78, 5) is 3.79. The molecular weight excluding hydrogens is 198 g/mol. The van der Waals surface area contributed by atoms with Crippen LogP contribution in [0.15, 0.2) is 53.4 Å². The number of aliphatic imine (C=N–C) groups is 1. The highest BCUT2D eigenvalue weighted by Gasteiger charge is 1.96. The normalized spacial score (nSPS) is 11.0. The van der Waals surface area contributed by atoms with E-state index in [1.54, 1.807) is 6.08 Å². The Morgan fingerprint density at radius 2 is 2.00 bits per heavy atom. The standard InChI is InChI=1S/C14H17NO/c1-11(2)9-14(15-4)16-10-13-7-5-12(3)6-8-13/h5-9H,1,4,10H2,2-3H3/b14-9+. The van der Waals surface area contributed by atoms with Gasteiger partial charge in [-0.3, -0.25) is 0 Å². The fourth-order valence-electron chi connectivity index (χ4n) is 1.19. The van der Waals surface area contributed by atoms with Gasteiger partial charge < -0.3 is 4.74 Å². The lowest BCUT2D eigenvalue weighted by Gasteiger charge is -2.06. The highest BCUT2D eigenvalue weighted by atomic mass is 16.5. The van der Waals surface area contributed by atoms with E-state index in [9.17, 15) is 0 Å². The molecule has 0 aromatic heterocycles. The first-order chi connectivity index (χ1) is 7.61. The van der Waals surface area contributed by atoms with E-state index in [0.717, 1.165) is 11.1 Å². The van der Waals surface area contributed by atoms with E-state index >= 15 is 0 Å².